The molecule has 0 amide bonds. The van der Waals surface area contributed by atoms with Gasteiger partial charge in [0.05, 0.1) is 27.7 Å². The van der Waals surface area contributed by atoms with Gasteiger partial charge < -0.3 is 27.9 Å². The molecule has 508 valence electrons. The lowest BCUT2D eigenvalue weighted by molar-refractivity contribution is -0.870. The molecule has 0 saturated heterocycles. The number of ether oxygens (including phenoxy) is 2. The zero-order valence-electron chi connectivity index (χ0n) is 57.9. The van der Waals surface area contributed by atoms with E-state index < -0.39 is 26.5 Å². The van der Waals surface area contributed by atoms with Gasteiger partial charge in [0.15, 0.2) is 6.10 Å². The van der Waals surface area contributed by atoms with Gasteiger partial charge in [0.25, 0.3) is 7.82 Å². The maximum atomic E-state index is 12.9. The molecule has 0 N–H and O–H groups in total. The summed E-state index contributed by atoms with van der Waals surface area (Å²) in [6.45, 7) is 4.12. The Kier molecular flexibility index (Phi) is 65.5. The van der Waals surface area contributed by atoms with Crippen LogP contribution in [-0.2, 0) is 32.7 Å². The van der Waals surface area contributed by atoms with Gasteiger partial charge in [-0.2, -0.15) is 0 Å². The Morgan fingerprint density at radius 1 is 0.364 bits per heavy atom. The average Bonchev–Trinajstić information content (AvgIpc) is 3.68. The Bertz CT molecular complexity index is 1850. The highest BCUT2D eigenvalue weighted by molar-refractivity contribution is 7.45. The monoisotopic (exact) mass is 1250 g/mol. The zero-order valence-corrected chi connectivity index (χ0v) is 58.8. The molecule has 2 atom stereocenters. The Hall–Kier alpha value is -3.33. The first-order valence-electron chi connectivity index (χ1n) is 36.6. The molecular formula is C78H138NO8P. The molecule has 88 heavy (non-hydrogen) atoms. The van der Waals surface area contributed by atoms with Gasteiger partial charge in [-0.15, -0.1) is 0 Å². The van der Waals surface area contributed by atoms with Crippen molar-refractivity contribution in [1.29, 1.82) is 0 Å². The number of allylic oxidation sites excluding steroid dienone is 18. The highest BCUT2D eigenvalue weighted by atomic mass is 31.2. The van der Waals surface area contributed by atoms with Crippen LogP contribution in [0.2, 0.25) is 0 Å². The number of likely N-dealkylation sites (N-methyl/N-ethyl adjacent to an activating group) is 1. The van der Waals surface area contributed by atoms with Crippen molar-refractivity contribution in [3.05, 3.63) is 109 Å². The van der Waals surface area contributed by atoms with Crippen molar-refractivity contribution in [2.24, 2.45) is 0 Å². The van der Waals surface area contributed by atoms with Gasteiger partial charge in [0.1, 0.15) is 19.8 Å². The third kappa shape index (κ3) is 71.7. The van der Waals surface area contributed by atoms with E-state index in [-0.39, 0.29) is 32.0 Å². The van der Waals surface area contributed by atoms with Crippen LogP contribution >= 0.6 is 7.82 Å². The van der Waals surface area contributed by atoms with Crippen molar-refractivity contribution >= 4 is 19.8 Å². The van der Waals surface area contributed by atoms with Crippen LogP contribution in [0.15, 0.2) is 109 Å². The summed E-state index contributed by atoms with van der Waals surface area (Å²) in [5, 5.41) is 0. The van der Waals surface area contributed by atoms with Crippen molar-refractivity contribution in [3.8, 4) is 0 Å². The largest absolute Gasteiger partial charge is 0.756 e. The van der Waals surface area contributed by atoms with Crippen LogP contribution < -0.4 is 4.89 Å². The van der Waals surface area contributed by atoms with Gasteiger partial charge in [-0.3, -0.25) is 14.2 Å². The van der Waals surface area contributed by atoms with E-state index in [2.05, 4.69) is 123 Å². The molecule has 0 aliphatic heterocycles. The molecule has 0 aromatic rings. The smallest absolute Gasteiger partial charge is 0.306 e. The van der Waals surface area contributed by atoms with Gasteiger partial charge >= 0.3 is 11.9 Å². The fourth-order valence-electron chi connectivity index (χ4n) is 10.2. The van der Waals surface area contributed by atoms with Crippen LogP contribution in [0.1, 0.15) is 322 Å². The number of hydrogen-bond acceptors (Lipinski definition) is 8. The fourth-order valence-corrected chi connectivity index (χ4v) is 10.9. The number of unbranched alkanes of at least 4 members (excludes halogenated alkanes) is 35. The van der Waals surface area contributed by atoms with E-state index in [1.54, 1.807) is 0 Å². The number of rotatable bonds is 67. The lowest BCUT2D eigenvalue weighted by Gasteiger charge is -2.28. The van der Waals surface area contributed by atoms with E-state index in [1.165, 1.54) is 193 Å². The Morgan fingerprint density at radius 2 is 0.648 bits per heavy atom. The maximum absolute atomic E-state index is 12.9. The number of quaternary nitrogens is 1. The molecule has 2 unspecified atom stereocenters. The van der Waals surface area contributed by atoms with E-state index in [0.29, 0.717) is 17.4 Å². The molecule has 0 radical (unpaired) electrons. The van der Waals surface area contributed by atoms with E-state index >= 15 is 0 Å². The molecule has 9 nitrogen and oxygen atoms in total. The number of esters is 2. The second-order valence-corrected chi connectivity index (χ2v) is 27.0. The molecule has 10 heteroatoms. The summed E-state index contributed by atoms with van der Waals surface area (Å²) in [5.74, 6) is -0.858. The minimum Gasteiger partial charge on any atom is -0.756 e. The summed E-state index contributed by atoms with van der Waals surface area (Å²) in [7, 11) is 1.14. The van der Waals surface area contributed by atoms with Gasteiger partial charge in [-0.25, -0.2) is 0 Å². The number of carbonyl (C=O) groups is 2. The number of carbonyl (C=O) groups excluding carboxylic acids is 2. The summed E-state index contributed by atoms with van der Waals surface area (Å²) in [4.78, 5) is 38.1. The lowest BCUT2D eigenvalue weighted by Crippen LogP contribution is -2.37. The Balaban J connectivity index is 4.06. The highest BCUT2D eigenvalue weighted by Crippen LogP contribution is 2.38. The molecule has 0 bridgehead atoms. The minimum absolute atomic E-state index is 0.0404. The standard InChI is InChI=1S/C78H138NO8P/c1-6-8-10-12-14-16-18-20-22-24-26-28-30-32-34-36-37-38-39-40-41-43-44-46-48-50-52-54-56-58-60-62-64-66-68-70-77(80)84-74-76(75-86-88(82,83)85-73-72-79(3,4)5)87-78(81)71-69-67-65-63-61-59-57-55-53-51-49-47-45-42-35-33-31-29-27-25-23-21-19-17-15-13-11-9-7-2/h9,11,15,17,21,23-24,26-27,29,33,35,45,47,51,53,57,59,76H,6-8,10,12-14,16,18-20,22,25,28,30-32,34,36-44,46,48-50,52,54-56,58,60-75H2,1-5H3/b11-9-,17-15-,23-21-,26-24-,29-27-,35-33-,47-45-,53-51-,59-57-. The second-order valence-electron chi connectivity index (χ2n) is 25.6. The van der Waals surface area contributed by atoms with Crippen LogP contribution in [0.5, 0.6) is 0 Å². The normalized spacial score (nSPS) is 13.8. The van der Waals surface area contributed by atoms with E-state index in [9.17, 15) is 19.0 Å². The molecule has 0 rings (SSSR count). The summed E-state index contributed by atoms with van der Waals surface area (Å²) in [6, 6.07) is 0. The third-order valence-electron chi connectivity index (χ3n) is 15.8. The van der Waals surface area contributed by atoms with Crippen molar-refractivity contribution in [2.45, 2.75) is 328 Å². The molecule has 0 heterocycles. The van der Waals surface area contributed by atoms with Crippen molar-refractivity contribution in [1.82, 2.24) is 0 Å². The van der Waals surface area contributed by atoms with Crippen LogP contribution in [0.25, 0.3) is 0 Å². The molecule has 0 aromatic heterocycles. The van der Waals surface area contributed by atoms with Gasteiger partial charge in [0.2, 0.25) is 0 Å². The van der Waals surface area contributed by atoms with Crippen molar-refractivity contribution in [3.63, 3.8) is 0 Å². The van der Waals surface area contributed by atoms with Crippen molar-refractivity contribution in [2.75, 3.05) is 47.5 Å². The predicted octanol–water partition coefficient (Wildman–Crippen LogP) is 23.4. The molecular weight excluding hydrogens is 1110 g/mol. The summed E-state index contributed by atoms with van der Waals surface area (Å²) in [6.07, 6.45) is 96.2. The van der Waals surface area contributed by atoms with Gasteiger partial charge in [0, 0.05) is 12.8 Å². The first-order chi connectivity index (χ1) is 43.0. The van der Waals surface area contributed by atoms with E-state index in [4.69, 9.17) is 18.5 Å². The van der Waals surface area contributed by atoms with Crippen LogP contribution in [0.4, 0.5) is 0 Å². The minimum atomic E-state index is -4.66. The van der Waals surface area contributed by atoms with Crippen LogP contribution in [0.3, 0.4) is 0 Å². The number of phosphoric acid groups is 1. The molecule has 0 aliphatic carbocycles. The topological polar surface area (TPSA) is 111 Å². The van der Waals surface area contributed by atoms with Crippen LogP contribution in [-0.4, -0.2) is 70.0 Å². The molecule has 0 saturated carbocycles. The third-order valence-corrected chi connectivity index (χ3v) is 16.7. The number of phosphoric ester groups is 1. The molecule has 0 fully saturated rings. The Morgan fingerprint density at radius 3 is 0.977 bits per heavy atom. The predicted molar refractivity (Wildman–Crippen MR) is 378 cm³/mol. The van der Waals surface area contributed by atoms with Gasteiger partial charge in [-0.05, 0) is 103 Å². The van der Waals surface area contributed by atoms with E-state index in [1.807, 2.05) is 21.1 Å². The maximum Gasteiger partial charge on any atom is 0.306 e. The average molecular weight is 1250 g/mol. The first kappa shape index (κ1) is 84.7. The second kappa shape index (κ2) is 68.0. The Labute approximate surface area is 544 Å². The lowest BCUT2D eigenvalue weighted by atomic mass is 10.0. The summed E-state index contributed by atoms with van der Waals surface area (Å²) < 4.78 is 34.3. The highest BCUT2D eigenvalue weighted by Gasteiger charge is 2.22. The molecule has 0 spiro atoms. The van der Waals surface area contributed by atoms with Gasteiger partial charge in [-0.1, -0.05) is 316 Å². The quantitative estimate of drug-likeness (QED) is 0.0195. The van der Waals surface area contributed by atoms with E-state index in [0.717, 1.165) is 96.3 Å². The van der Waals surface area contributed by atoms with Crippen LogP contribution in [0, 0.1) is 0 Å². The first-order valence-corrected chi connectivity index (χ1v) is 38.1. The van der Waals surface area contributed by atoms with Crippen molar-refractivity contribution < 1.29 is 42.1 Å². The number of hydrogen-bond donors (Lipinski definition) is 0. The zero-order chi connectivity index (χ0) is 64.1. The summed E-state index contributed by atoms with van der Waals surface area (Å²) in [5.41, 5.74) is 0. The SMILES string of the molecule is CC/C=C\C/C=C\C/C=C\C/C=C\C/C=C\C/C=C\C/C=C\C/C=C\CCCCCCC(=O)OC(COC(=O)CCCCCCCCCCCCCCCCCCCCCCCCC/C=C\CCCCCCCCCC)COP(=O)([O-])OCC[N+](C)(C)C. The number of nitrogens with zero attached hydrogens (tertiary/aromatic N) is 1. The molecule has 0 aromatic carbocycles. The fraction of sp³-hybridized carbons (Fsp3) is 0.744. The summed E-state index contributed by atoms with van der Waals surface area (Å²) >= 11 is 0. The molecule has 0 aliphatic rings.